The van der Waals surface area contributed by atoms with Crippen molar-refractivity contribution < 1.29 is 17.1 Å². The molecule has 0 aliphatic heterocycles. The van der Waals surface area contributed by atoms with E-state index in [-0.39, 0.29) is 17.1 Å². The Hall–Kier alpha value is 0.623. The van der Waals surface area contributed by atoms with Gasteiger partial charge in [0.15, 0.2) is 0 Å². The molecule has 0 radical (unpaired) electrons. The molecule has 0 saturated heterocycles. The van der Waals surface area contributed by atoms with Crippen LogP contribution in [0.4, 0.5) is 0 Å². The van der Waals surface area contributed by atoms with Gasteiger partial charge in [0.2, 0.25) is 0 Å². The molecule has 0 heterocycles. The van der Waals surface area contributed by atoms with E-state index in [9.17, 15) is 0 Å². The summed E-state index contributed by atoms with van der Waals surface area (Å²) in [5, 5.41) is 0. The molecule has 2 aliphatic carbocycles. The Labute approximate surface area is 65.0 Å². The predicted molar refractivity (Wildman–Crippen MR) is 35.2 cm³/mol. The Balaban J connectivity index is 1.64. The zero-order valence-electron chi connectivity index (χ0n) is 6.10. The monoisotopic (exact) mass is 174 g/mol. The van der Waals surface area contributed by atoms with Crippen molar-refractivity contribution in [2.24, 2.45) is 0 Å². The van der Waals surface area contributed by atoms with Crippen molar-refractivity contribution in [2.75, 3.05) is 0 Å². The molecule has 0 aromatic rings. The summed E-state index contributed by atoms with van der Waals surface area (Å²) in [4.78, 5) is 0. The van der Waals surface area contributed by atoms with Crippen molar-refractivity contribution >= 4 is 0 Å². The molecular formula is C8H14Zn. The fraction of sp³-hybridized carbons (Fsp3) is 1.00. The molecule has 48 valence electrons. The SMILES string of the molecule is C1C[CH]([Zn][CH]2CCC2)C1. The van der Waals surface area contributed by atoms with Gasteiger partial charge in [0, 0.05) is 0 Å². The second kappa shape index (κ2) is 2.70. The maximum absolute atomic E-state index is 1.64. The van der Waals surface area contributed by atoms with E-state index in [2.05, 4.69) is 0 Å². The average Bonchev–Trinajstić information content (AvgIpc) is 1.57. The molecule has 1 heteroatoms. The average molecular weight is 176 g/mol. The van der Waals surface area contributed by atoms with E-state index in [0.717, 1.165) is 0 Å². The molecule has 2 saturated carbocycles. The summed E-state index contributed by atoms with van der Waals surface area (Å²) in [5.41, 5.74) is 0. The van der Waals surface area contributed by atoms with Crippen LogP contribution in [0.5, 0.6) is 0 Å². The Kier molecular flexibility index (Phi) is 1.90. The van der Waals surface area contributed by atoms with Crippen LogP contribution < -0.4 is 0 Å². The summed E-state index contributed by atoms with van der Waals surface area (Å²) < 4.78 is 2.70. The first-order chi connectivity index (χ1) is 4.45. The summed E-state index contributed by atoms with van der Waals surface area (Å²) in [6.45, 7) is 0. The van der Waals surface area contributed by atoms with Gasteiger partial charge in [0.1, 0.15) is 0 Å². The number of hydrogen-bond donors (Lipinski definition) is 0. The molecule has 0 aromatic carbocycles. The molecule has 0 bridgehead atoms. The first-order valence-corrected chi connectivity index (χ1v) is 7.88. The predicted octanol–water partition coefficient (Wildman–Crippen LogP) is 3.01. The van der Waals surface area contributed by atoms with Crippen LogP contribution in [0, 0.1) is 0 Å². The van der Waals surface area contributed by atoms with Crippen LogP contribution in [0.25, 0.3) is 0 Å². The van der Waals surface area contributed by atoms with E-state index in [0.29, 0.717) is 0 Å². The Morgan fingerprint density at radius 1 is 0.778 bits per heavy atom. The van der Waals surface area contributed by atoms with Crippen molar-refractivity contribution in [3.63, 3.8) is 0 Å². The van der Waals surface area contributed by atoms with Gasteiger partial charge in [-0.3, -0.25) is 0 Å². The summed E-state index contributed by atoms with van der Waals surface area (Å²) in [5.74, 6) is 0. The van der Waals surface area contributed by atoms with Crippen LogP contribution in [0.1, 0.15) is 38.5 Å². The molecule has 2 aliphatic rings. The molecule has 2 rings (SSSR count). The van der Waals surface area contributed by atoms with Gasteiger partial charge in [0.05, 0.1) is 0 Å². The maximum atomic E-state index is 1.64. The summed E-state index contributed by atoms with van der Waals surface area (Å²) in [6, 6.07) is 0. The quantitative estimate of drug-likeness (QED) is 0.566. The van der Waals surface area contributed by atoms with Gasteiger partial charge in [-0.15, -0.1) is 0 Å². The van der Waals surface area contributed by atoms with Crippen LogP contribution >= 0.6 is 0 Å². The normalized spacial score (nSPS) is 28.4. The minimum absolute atomic E-state index is 0.0312. The first kappa shape index (κ1) is 6.34. The first-order valence-electron chi connectivity index (χ1n) is 4.45. The Bertz CT molecular complexity index is 80.7. The molecule has 0 atom stereocenters. The Morgan fingerprint density at radius 2 is 1.22 bits per heavy atom. The van der Waals surface area contributed by atoms with Crippen LogP contribution in [0.15, 0.2) is 0 Å². The van der Waals surface area contributed by atoms with Crippen molar-refractivity contribution in [1.82, 2.24) is 0 Å². The molecule has 0 unspecified atom stereocenters. The van der Waals surface area contributed by atoms with E-state index >= 15 is 0 Å². The van der Waals surface area contributed by atoms with Gasteiger partial charge in [-0.2, -0.15) is 0 Å². The van der Waals surface area contributed by atoms with Crippen LogP contribution in [0.2, 0.25) is 9.02 Å². The standard InChI is InChI=1S/2C4H7.Zn/c2*1-2-4-3-1;/h2*1H,2-4H2;. The summed E-state index contributed by atoms with van der Waals surface area (Å²) >= 11 is 0.0312. The van der Waals surface area contributed by atoms with Gasteiger partial charge in [0.25, 0.3) is 0 Å². The summed E-state index contributed by atoms with van der Waals surface area (Å²) in [7, 11) is 0. The van der Waals surface area contributed by atoms with E-state index in [4.69, 9.17) is 0 Å². The molecule has 0 N–H and O–H groups in total. The molecule has 0 aromatic heterocycles. The van der Waals surface area contributed by atoms with Crippen molar-refractivity contribution in [2.45, 2.75) is 47.5 Å². The molecular weight excluding hydrogens is 161 g/mol. The van der Waals surface area contributed by atoms with E-state index in [1.807, 2.05) is 0 Å². The van der Waals surface area contributed by atoms with Crippen molar-refractivity contribution in [1.29, 1.82) is 0 Å². The van der Waals surface area contributed by atoms with Gasteiger partial charge < -0.3 is 0 Å². The molecule has 0 nitrogen and oxygen atoms in total. The fourth-order valence-electron chi connectivity index (χ4n) is 1.93. The van der Waals surface area contributed by atoms with Gasteiger partial charge in [-0.05, 0) is 0 Å². The van der Waals surface area contributed by atoms with Crippen molar-refractivity contribution in [3.8, 4) is 0 Å². The third kappa shape index (κ3) is 1.37. The van der Waals surface area contributed by atoms with Gasteiger partial charge in [-0.25, -0.2) is 0 Å². The van der Waals surface area contributed by atoms with Crippen LogP contribution in [0.3, 0.4) is 0 Å². The third-order valence-corrected chi connectivity index (χ3v) is 9.34. The second-order valence-corrected chi connectivity index (χ2v) is 9.66. The van der Waals surface area contributed by atoms with Crippen LogP contribution in [-0.2, 0) is 17.1 Å². The molecule has 0 spiro atoms. The minimum atomic E-state index is 0.0312. The number of hydrogen-bond acceptors (Lipinski definition) is 0. The topological polar surface area (TPSA) is 0 Å². The summed E-state index contributed by atoms with van der Waals surface area (Å²) in [6.07, 6.45) is 9.69. The van der Waals surface area contributed by atoms with E-state index in [1.54, 1.807) is 38.5 Å². The second-order valence-electron chi connectivity index (χ2n) is 3.83. The van der Waals surface area contributed by atoms with Crippen LogP contribution in [-0.4, -0.2) is 0 Å². The number of rotatable bonds is 2. The van der Waals surface area contributed by atoms with E-state index < -0.39 is 0 Å². The fourth-order valence-corrected chi connectivity index (χ4v) is 8.31. The molecule has 2 fully saturated rings. The Morgan fingerprint density at radius 3 is 1.44 bits per heavy atom. The molecule has 0 amide bonds. The van der Waals surface area contributed by atoms with E-state index in [1.165, 1.54) is 9.02 Å². The zero-order chi connectivity index (χ0) is 6.10. The zero-order valence-corrected chi connectivity index (χ0v) is 9.07. The van der Waals surface area contributed by atoms with Gasteiger partial charge in [-0.1, -0.05) is 0 Å². The van der Waals surface area contributed by atoms with Gasteiger partial charge >= 0.3 is 64.7 Å². The van der Waals surface area contributed by atoms with Crippen molar-refractivity contribution in [3.05, 3.63) is 0 Å². The third-order valence-electron chi connectivity index (χ3n) is 3.12. The molecule has 9 heavy (non-hydrogen) atoms.